The lowest BCUT2D eigenvalue weighted by molar-refractivity contribution is 0.237. The van der Waals surface area contributed by atoms with Crippen LogP contribution >= 0.6 is 22.7 Å². The molecule has 0 aliphatic rings. The Morgan fingerprint density at radius 2 is 1.16 bits per heavy atom. The van der Waals surface area contributed by atoms with Crippen LogP contribution < -0.4 is 0 Å². The van der Waals surface area contributed by atoms with Crippen molar-refractivity contribution in [2.75, 3.05) is 0 Å². The van der Waals surface area contributed by atoms with E-state index in [0.29, 0.717) is 5.92 Å². The molecule has 0 N–H and O–H groups in total. The summed E-state index contributed by atoms with van der Waals surface area (Å²) in [5.74, 6) is 0.616. The Kier molecular flexibility index (Phi) is 7.02. The molecule has 0 saturated carbocycles. The highest BCUT2D eigenvalue weighted by atomic mass is 32.1. The van der Waals surface area contributed by atoms with E-state index in [2.05, 4.69) is 107 Å². The standard InChI is InChI=1S/C30H34S2/c1-21-6-9-23(10-7-21)18-26(30(3,4)5)19-24-11-13-25(14-12-24)20-27-15-17-29(32-27)28-16-8-22(2)31-28/h6-17,26H,18-20H2,1-5H3. The Morgan fingerprint density at radius 1 is 0.625 bits per heavy atom. The van der Waals surface area contributed by atoms with Gasteiger partial charge in [-0.25, -0.2) is 0 Å². The van der Waals surface area contributed by atoms with E-state index in [-0.39, 0.29) is 5.41 Å². The van der Waals surface area contributed by atoms with E-state index in [1.807, 2.05) is 22.7 Å². The zero-order valence-electron chi connectivity index (χ0n) is 19.9. The Balaban J connectivity index is 1.42. The first kappa shape index (κ1) is 23.0. The van der Waals surface area contributed by atoms with Crippen molar-refractivity contribution in [3.8, 4) is 9.75 Å². The van der Waals surface area contributed by atoms with Crippen molar-refractivity contribution in [1.29, 1.82) is 0 Å². The summed E-state index contributed by atoms with van der Waals surface area (Å²) in [5, 5.41) is 0. The van der Waals surface area contributed by atoms with Crippen LogP contribution in [0, 0.1) is 25.2 Å². The topological polar surface area (TPSA) is 0 Å². The fraction of sp³-hybridized carbons (Fsp3) is 0.333. The maximum Gasteiger partial charge on any atom is 0.0445 e. The molecule has 32 heavy (non-hydrogen) atoms. The minimum atomic E-state index is 0.275. The summed E-state index contributed by atoms with van der Waals surface area (Å²) in [6, 6.07) is 27.4. The molecule has 0 radical (unpaired) electrons. The van der Waals surface area contributed by atoms with Crippen LogP contribution in [0.3, 0.4) is 0 Å². The summed E-state index contributed by atoms with van der Waals surface area (Å²) in [5.41, 5.74) is 5.90. The Hall–Kier alpha value is -2.16. The zero-order valence-corrected chi connectivity index (χ0v) is 21.6. The molecule has 0 bridgehead atoms. The van der Waals surface area contributed by atoms with Gasteiger partial charge in [0.2, 0.25) is 0 Å². The van der Waals surface area contributed by atoms with Crippen LogP contribution in [0.2, 0.25) is 0 Å². The molecule has 0 saturated heterocycles. The molecule has 2 aromatic heterocycles. The number of benzene rings is 2. The maximum absolute atomic E-state index is 2.38. The van der Waals surface area contributed by atoms with Gasteiger partial charge in [0, 0.05) is 25.9 Å². The quantitative estimate of drug-likeness (QED) is 0.259. The predicted molar refractivity (Wildman–Crippen MR) is 143 cm³/mol. The molecule has 2 aromatic carbocycles. The highest BCUT2D eigenvalue weighted by Gasteiger charge is 2.25. The van der Waals surface area contributed by atoms with Gasteiger partial charge in [0.1, 0.15) is 0 Å². The zero-order chi connectivity index (χ0) is 22.7. The van der Waals surface area contributed by atoms with Gasteiger partial charge in [-0.15, -0.1) is 22.7 Å². The molecule has 2 heterocycles. The third-order valence-corrected chi connectivity index (χ3v) is 8.64. The second-order valence-electron chi connectivity index (χ2n) is 10.1. The molecule has 0 nitrogen and oxygen atoms in total. The van der Waals surface area contributed by atoms with Crippen molar-refractivity contribution in [2.24, 2.45) is 11.3 Å². The first-order chi connectivity index (χ1) is 15.3. The van der Waals surface area contributed by atoms with Gasteiger partial charge in [-0.3, -0.25) is 0 Å². The highest BCUT2D eigenvalue weighted by Crippen LogP contribution is 2.35. The second kappa shape index (κ2) is 9.77. The van der Waals surface area contributed by atoms with Gasteiger partial charge in [0.15, 0.2) is 0 Å². The van der Waals surface area contributed by atoms with E-state index in [1.54, 1.807) is 0 Å². The van der Waals surface area contributed by atoms with Crippen molar-refractivity contribution < 1.29 is 0 Å². The van der Waals surface area contributed by atoms with Crippen molar-refractivity contribution in [1.82, 2.24) is 0 Å². The molecule has 4 aromatic rings. The molecule has 1 atom stereocenters. The van der Waals surface area contributed by atoms with E-state index in [9.17, 15) is 0 Å². The van der Waals surface area contributed by atoms with Crippen LogP contribution in [0.25, 0.3) is 9.75 Å². The second-order valence-corrected chi connectivity index (χ2v) is 12.6. The van der Waals surface area contributed by atoms with Crippen LogP contribution in [0.15, 0.2) is 72.8 Å². The fourth-order valence-electron chi connectivity index (χ4n) is 4.14. The molecule has 0 fully saturated rings. The number of thiophene rings is 2. The molecule has 1 unspecified atom stereocenters. The molecular weight excluding hydrogens is 424 g/mol. The van der Waals surface area contributed by atoms with Gasteiger partial charge < -0.3 is 0 Å². The summed E-state index contributed by atoms with van der Waals surface area (Å²) in [4.78, 5) is 5.59. The third kappa shape index (κ3) is 5.99. The van der Waals surface area contributed by atoms with Gasteiger partial charge in [-0.1, -0.05) is 74.9 Å². The lowest BCUT2D eigenvalue weighted by Gasteiger charge is -2.31. The normalized spacial score (nSPS) is 12.8. The Morgan fingerprint density at radius 3 is 1.72 bits per heavy atom. The fourth-order valence-corrected chi connectivity index (χ4v) is 6.14. The minimum Gasteiger partial charge on any atom is -0.140 e. The lowest BCUT2D eigenvalue weighted by Crippen LogP contribution is -2.25. The van der Waals surface area contributed by atoms with Crippen molar-refractivity contribution in [2.45, 2.75) is 53.9 Å². The number of hydrogen-bond acceptors (Lipinski definition) is 2. The Bertz CT molecular complexity index is 1130. The van der Waals surface area contributed by atoms with E-state index in [1.165, 1.54) is 41.8 Å². The van der Waals surface area contributed by atoms with Gasteiger partial charge in [0.05, 0.1) is 0 Å². The van der Waals surface area contributed by atoms with Crippen molar-refractivity contribution >= 4 is 22.7 Å². The van der Waals surface area contributed by atoms with Crippen LogP contribution in [-0.4, -0.2) is 0 Å². The molecular formula is C30H34S2. The first-order valence-electron chi connectivity index (χ1n) is 11.5. The van der Waals surface area contributed by atoms with E-state index in [0.717, 1.165) is 19.3 Å². The number of aryl methyl sites for hydroxylation is 2. The average molecular weight is 459 g/mol. The van der Waals surface area contributed by atoms with Gasteiger partial charge in [0.25, 0.3) is 0 Å². The molecule has 2 heteroatoms. The third-order valence-electron chi connectivity index (χ3n) is 6.36. The lowest BCUT2D eigenvalue weighted by atomic mass is 9.74. The van der Waals surface area contributed by atoms with Crippen LogP contribution in [0.1, 0.15) is 52.8 Å². The SMILES string of the molecule is Cc1ccc(CC(Cc2ccc(Cc3ccc(-c4ccc(C)s4)s3)cc2)C(C)(C)C)cc1. The molecule has 166 valence electrons. The summed E-state index contributed by atoms with van der Waals surface area (Å²) in [6.45, 7) is 11.5. The van der Waals surface area contributed by atoms with Gasteiger partial charge in [-0.2, -0.15) is 0 Å². The summed E-state index contributed by atoms with van der Waals surface area (Å²) >= 11 is 3.81. The van der Waals surface area contributed by atoms with Crippen LogP contribution in [0.5, 0.6) is 0 Å². The number of hydrogen-bond donors (Lipinski definition) is 0. The highest BCUT2D eigenvalue weighted by molar-refractivity contribution is 7.22. The first-order valence-corrected chi connectivity index (χ1v) is 13.2. The summed E-state index contributed by atoms with van der Waals surface area (Å²) in [7, 11) is 0. The van der Waals surface area contributed by atoms with Crippen molar-refractivity contribution in [3.05, 3.63) is 105 Å². The Labute approximate surface area is 202 Å². The molecule has 4 rings (SSSR count). The number of rotatable bonds is 7. The van der Waals surface area contributed by atoms with Crippen LogP contribution in [0.4, 0.5) is 0 Å². The van der Waals surface area contributed by atoms with E-state index >= 15 is 0 Å². The van der Waals surface area contributed by atoms with Crippen molar-refractivity contribution in [3.63, 3.8) is 0 Å². The maximum atomic E-state index is 2.38. The smallest absolute Gasteiger partial charge is 0.0445 e. The van der Waals surface area contributed by atoms with E-state index in [4.69, 9.17) is 0 Å². The molecule has 0 aliphatic heterocycles. The molecule has 0 spiro atoms. The molecule has 0 aliphatic carbocycles. The predicted octanol–water partition coefficient (Wildman–Crippen LogP) is 9.13. The van der Waals surface area contributed by atoms with Crippen LogP contribution in [-0.2, 0) is 19.3 Å². The van der Waals surface area contributed by atoms with E-state index < -0.39 is 0 Å². The van der Waals surface area contributed by atoms with Gasteiger partial charge >= 0.3 is 0 Å². The minimum absolute atomic E-state index is 0.275. The average Bonchev–Trinajstić information content (AvgIpc) is 3.38. The largest absolute Gasteiger partial charge is 0.140 e. The molecule has 0 amide bonds. The summed E-state index contributed by atoms with van der Waals surface area (Å²) in [6.07, 6.45) is 3.27. The summed E-state index contributed by atoms with van der Waals surface area (Å²) < 4.78 is 0. The van der Waals surface area contributed by atoms with Gasteiger partial charge in [-0.05, 0) is 79.0 Å². The monoisotopic (exact) mass is 458 g/mol.